The fourth-order valence-corrected chi connectivity index (χ4v) is 3.71. The molecule has 1 N–H and O–H groups in total. The number of hydrogen-bond donors (Lipinski definition) is 1. The Labute approximate surface area is 118 Å². The fraction of sp³-hybridized carbons (Fsp3) is 0.533. The minimum Gasteiger partial charge on any atom is -0.507 e. The summed E-state index contributed by atoms with van der Waals surface area (Å²) in [4.78, 5) is 14.6. The van der Waals surface area contributed by atoms with Gasteiger partial charge in [0.25, 0.3) is 5.91 Å². The number of phenols is 1. The molecule has 2 unspecified atom stereocenters. The van der Waals surface area contributed by atoms with Gasteiger partial charge in [-0.15, -0.1) is 0 Å². The van der Waals surface area contributed by atoms with Crippen LogP contribution in [0.3, 0.4) is 0 Å². The maximum Gasteiger partial charge on any atom is 0.257 e. The largest absolute Gasteiger partial charge is 0.507 e. The normalized spacial score (nSPS) is 26.3. The number of rotatable bonds is 1. The molecule has 1 saturated heterocycles. The summed E-state index contributed by atoms with van der Waals surface area (Å²) in [5.41, 5.74) is 0.372. The number of hydrogen-bond acceptors (Lipinski definition) is 2. The van der Waals surface area contributed by atoms with E-state index in [1.165, 1.54) is 25.3 Å². The molecule has 1 aromatic carbocycles. The van der Waals surface area contributed by atoms with Crippen LogP contribution >= 0.6 is 11.6 Å². The van der Waals surface area contributed by atoms with Gasteiger partial charge in [-0.25, -0.2) is 0 Å². The molecule has 1 heterocycles. The summed E-state index contributed by atoms with van der Waals surface area (Å²) in [5, 5.41) is 10.4. The predicted octanol–water partition coefficient (Wildman–Crippen LogP) is 3.45. The summed E-state index contributed by atoms with van der Waals surface area (Å²) < 4.78 is 0. The van der Waals surface area contributed by atoms with Crippen LogP contribution in [0.2, 0.25) is 5.02 Å². The summed E-state index contributed by atoms with van der Waals surface area (Å²) in [6.07, 6.45) is 5.86. The number of amides is 1. The molecule has 1 aliphatic heterocycles. The molecule has 2 fully saturated rings. The Morgan fingerprint density at radius 2 is 2.05 bits per heavy atom. The first kappa shape index (κ1) is 12.8. The van der Waals surface area contributed by atoms with Crippen molar-refractivity contribution in [1.29, 1.82) is 0 Å². The number of aromatic hydroxyl groups is 1. The van der Waals surface area contributed by atoms with E-state index in [1.54, 1.807) is 12.1 Å². The van der Waals surface area contributed by atoms with Crippen molar-refractivity contribution < 1.29 is 9.90 Å². The first-order valence-electron chi connectivity index (χ1n) is 6.96. The molecule has 1 amide bonds. The Morgan fingerprint density at radius 3 is 2.84 bits per heavy atom. The Morgan fingerprint density at radius 1 is 1.26 bits per heavy atom. The van der Waals surface area contributed by atoms with Crippen LogP contribution in [0.4, 0.5) is 0 Å². The van der Waals surface area contributed by atoms with Crippen molar-refractivity contribution in [1.82, 2.24) is 4.90 Å². The van der Waals surface area contributed by atoms with Crippen LogP contribution in [0.1, 0.15) is 42.5 Å². The molecule has 3 rings (SSSR count). The van der Waals surface area contributed by atoms with Crippen molar-refractivity contribution in [3.05, 3.63) is 28.8 Å². The third-order valence-electron chi connectivity index (χ3n) is 4.44. The second-order valence-electron chi connectivity index (χ2n) is 5.56. The van der Waals surface area contributed by atoms with Gasteiger partial charge in [0.1, 0.15) is 5.75 Å². The molecule has 1 aliphatic carbocycles. The lowest BCUT2D eigenvalue weighted by atomic mass is 9.91. The van der Waals surface area contributed by atoms with Crippen LogP contribution in [0.15, 0.2) is 18.2 Å². The molecule has 1 aromatic rings. The topological polar surface area (TPSA) is 40.5 Å². The highest BCUT2D eigenvalue weighted by Crippen LogP contribution is 2.38. The molecule has 0 spiro atoms. The molecular formula is C15H18ClNO2. The molecule has 1 saturated carbocycles. The second kappa shape index (κ2) is 5.04. The molecule has 0 bridgehead atoms. The van der Waals surface area contributed by atoms with Crippen molar-refractivity contribution in [3.63, 3.8) is 0 Å². The van der Waals surface area contributed by atoms with Gasteiger partial charge < -0.3 is 10.0 Å². The highest BCUT2D eigenvalue weighted by atomic mass is 35.5. The molecule has 4 heteroatoms. The summed E-state index contributed by atoms with van der Waals surface area (Å²) >= 11 is 5.81. The number of carbonyl (C=O) groups is 1. The maximum absolute atomic E-state index is 12.6. The van der Waals surface area contributed by atoms with E-state index in [0.29, 0.717) is 22.5 Å². The zero-order valence-electron chi connectivity index (χ0n) is 10.8. The molecule has 0 radical (unpaired) electrons. The standard InChI is InChI=1S/C15H18ClNO2/c16-11-6-7-12(14(18)9-11)15(19)17-8-2-4-10-3-1-5-13(10)17/h6-7,9-10,13,18H,1-5,8H2. The van der Waals surface area contributed by atoms with E-state index in [9.17, 15) is 9.90 Å². The maximum atomic E-state index is 12.6. The smallest absolute Gasteiger partial charge is 0.257 e. The third kappa shape index (κ3) is 2.32. The Hall–Kier alpha value is -1.22. The van der Waals surface area contributed by atoms with E-state index in [4.69, 9.17) is 11.6 Å². The lowest BCUT2D eigenvalue weighted by molar-refractivity contribution is 0.0545. The van der Waals surface area contributed by atoms with Crippen molar-refractivity contribution in [3.8, 4) is 5.75 Å². The molecule has 0 aromatic heterocycles. The van der Waals surface area contributed by atoms with Crippen LogP contribution in [0.25, 0.3) is 0 Å². The van der Waals surface area contributed by atoms with E-state index in [2.05, 4.69) is 0 Å². The lowest BCUT2D eigenvalue weighted by Crippen LogP contribution is -2.46. The first-order valence-corrected chi connectivity index (χ1v) is 7.34. The van der Waals surface area contributed by atoms with E-state index >= 15 is 0 Å². The molecule has 3 nitrogen and oxygen atoms in total. The number of phenolic OH excluding ortho intramolecular Hbond substituents is 1. The number of fused-ring (bicyclic) bond motifs is 1. The SMILES string of the molecule is O=C(c1ccc(Cl)cc1O)N1CCCC2CCCC21. The number of halogens is 1. The van der Waals surface area contributed by atoms with Gasteiger partial charge in [-0.05, 0) is 49.8 Å². The minimum atomic E-state index is -0.0502. The van der Waals surface area contributed by atoms with Crippen molar-refractivity contribution >= 4 is 17.5 Å². The van der Waals surface area contributed by atoms with Crippen molar-refractivity contribution in [2.24, 2.45) is 5.92 Å². The van der Waals surface area contributed by atoms with Crippen LogP contribution in [0.5, 0.6) is 5.75 Å². The summed E-state index contributed by atoms with van der Waals surface area (Å²) in [6, 6.07) is 5.09. The minimum absolute atomic E-state index is 0.0161. The molecular weight excluding hydrogens is 262 g/mol. The zero-order chi connectivity index (χ0) is 13.4. The van der Waals surface area contributed by atoms with Gasteiger partial charge in [0, 0.05) is 17.6 Å². The van der Waals surface area contributed by atoms with Gasteiger partial charge in [0.15, 0.2) is 0 Å². The van der Waals surface area contributed by atoms with Gasteiger partial charge >= 0.3 is 0 Å². The average molecular weight is 280 g/mol. The van der Waals surface area contributed by atoms with Gasteiger partial charge in [-0.1, -0.05) is 18.0 Å². The Kier molecular flexibility index (Phi) is 3.40. The molecule has 19 heavy (non-hydrogen) atoms. The van der Waals surface area contributed by atoms with E-state index in [0.717, 1.165) is 19.4 Å². The molecule has 102 valence electrons. The number of carbonyl (C=O) groups excluding carboxylic acids is 1. The van der Waals surface area contributed by atoms with Crippen LogP contribution < -0.4 is 0 Å². The summed E-state index contributed by atoms with van der Waals surface area (Å²) in [5.74, 6) is 0.593. The highest BCUT2D eigenvalue weighted by molar-refractivity contribution is 6.30. The van der Waals surface area contributed by atoms with Crippen LogP contribution in [0, 0.1) is 5.92 Å². The Balaban J connectivity index is 1.86. The number of nitrogens with zero attached hydrogens (tertiary/aromatic N) is 1. The van der Waals surface area contributed by atoms with Gasteiger partial charge in [0.05, 0.1) is 5.56 Å². The summed E-state index contributed by atoms with van der Waals surface area (Å²) in [7, 11) is 0. The monoisotopic (exact) mass is 279 g/mol. The zero-order valence-corrected chi connectivity index (χ0v) is 11.6. The Bertz CT molecular complexity index is 503. The second-order valence-corrected chi connectivity index (χ2v) is 6.00. The van der Waals surface area contributed by atoms with Crippen molar-refractivity contribution in [2.45, 2.75) is 38.1 Å². The third-order valence-corrected chi connectivity index (χ3v) is 4.68. The van der Waals surface area contributed by atoms with E-state index in [1.807, 2.05) is 4.90 Å². The van der Waals surface area contributed by atoms with Crippen LogP contribution in [-0.4, -0.2) is 28.5 Å². The average Bonchev–Trinajstić information content (AvgIpc) is 2.86. The van der Waals surface area contributed by atoms with Gasteiger partial charge in [0.2, 0.25) is 0 Å². The van der Waals surface area contributed by atoms with E-state index in [-0.39, 0.29) is 11.7 Å². The first-order chi connectivity index (χ1) is 9.16. The quantitative estimate of drug-likeness (QED) is 0.855. The van der Waals surface area contributed by atoms with Crippen molar-refractivity contribution in [2.75, 3.05) is 6.54 Å². The summed E-state index contributed by atoms with van der Waals surface area (Å²) in [6.45, 7) is 0.808. The van der Waals surface area contributed by atoms with E-state index < -0.39 is 0 Å². The number of likely N-dealkylation sites (tertiary alicyclic amines) is 1. The molecule has 2 aliphatic rings. The van der Waals surface area contributed by atoms with Gasteiger partial charge in [-0.3, -0.25) is 4.79 Å². The number of benzene rings is 1. The lowest BCUT2D eigenvalue weighted by Gasteiger charge is -2.38. The molecule has 2 atom stereocenters. The fourth-order valence-electron chi connectivity index (χ4n) is 3.55. The van der Waals surface area contributed by atoms with Crippen LogP contribution in [-0.2, 0) is 0 Å². The number of piperidine rings is 1. The predicted molar refractivity (Wildman–Crippen MR) is 74.5 cm³/mol. The highest BCUT2D eigenvalue weighted by Gasteiger charge is 2.38. The van der Waals surface area contributed by atoms with Gasteiger partial charge in [-0.2, -0.15) is 0 Å².